The number of sulfonamides is 1. The van der Waals surface area contributed by atoms with Crippen LogP contribution < -0.4 is 0 Å². The maximum absolute atomic E-state index is 12.5. The van der Waals surface area contributed by atoms with Crippen molar-refractivity contribution in [1.29, 1.82) is 0 Å². The van der Waals surface area contributed by atoms with Gasteiger partial charge in [-0.2, -0.15) is 4.31 Å². The molecule has 1 heterocycles. The molecule has 0 aliphatic carbocycles. The van der Waals surface area contributed by atoms with Crippen molar-refractivity contribution in [2.24, 2.45) is 0 Å². The van der Waals surface area contributed by atoms with Crippen LogP contribution in [0.1, 0.15) is 35.2 Å². The highest BCUT2D eigenvalue weighted by Gasteiger charge is 2.23. The minimum atomic E-state index is -3.30. The Bertz CT molecular complexity index is 696. The Balaban J connectivity index is 2.02. The molecule has 120 valence electrons. The second-order valence-electron chi connectivity index (χ2n) is 5.42. The molecule has 0 bridgehead atoms. The molecule has 0 aliphatic rings. The quantitative estimate of drug-likeness (QED) is 0.778. The second kappa shape index (κ2) is 7.35. The number of hydrogen-bond donors (Lipinski definition) is 0. The van der Waals surface area contributed by atoms with Crippen LogP contribution in [0.4, 0.5) is 0 Å². The summed E-state index contributed by atoms with van der Waals surface area (Å²) in [5.41, 5.74) is 1.04. The van der Waals surface area contributed by atoms with Crippen LogP contribution in [0, 0.1) is 0 Å². The molecule has 0 N–H and O–H groups in total. The second-order valence-corrected chi connectivity index (χ2v) is 8.74. The molecule has 1 atom stereocenters. The molecule has 0 saturated carbocycles. The lowest BCUT2D eigenvalue weighted by molar-refractivity contribution is 0.463. The first-order valence-corrected chi connectivity index (χ1v) is 9.77. The maximum Gasteiger partial charge on any atom is 0.214 e. The molecule has 22 heavy (non-hydrogen) atoms. The van der Waals surface area contributed by atoms with E-state index in [0.29, 0.717) is 6.54 Å². The van der Waals surface area contributed by atoms with Crippen molar-refractivity contribution in [3.63, 3.8) is 0 Å². The number of nitrogens with zero attached hydrogens (tertiary/aromatic N) is 2. The first kappa shape index (κ1) is 17.1. The molecule has 0 spiro atoms. The third-order valence-electron chi connectivity index (χ3n) is 3.61. The highest BCUT2D eigenvalue weighted by atomic mass is 32.2. The van der Waals surface area contributed by atoms with Gasteiger partial charge in [-0.05, 0) is 17.9 Å². The van der Waals surface area contributed by atoms with E-state index in [-0.39, 0.29) is 11.7 Å². The molecule has 0 fully saturated rings. The Kier molecular flexibility index (Phi) is 5.72. The smallest absolute Gasteiger partial charge is 0.214 e. The number of benzene rings is 1. The molecule has 0 aliphatic heterocycles. The van der Waals surface area contributed by atoms with Gasteiger partial charge in [-0.1, -0.05) is 44.2 Å². The van der Waals surface area contributed by atoms with Crippen molar-refractivity contribution in [3.05, 3.63) is 52.0 Å². The van der Waals surface area contributed by atoms with Gasteiger partial charge < -0.3 is 0 Å². The minimum absolute atomic E-state index is 0.0313. The van der Waals surface area contributed by atoms with E-state index < -0.39 is 10.0 Å². The first-order chi connectivity index (χ1) is 10.4. The third-order valence-corrected chi connectivity index (χ3v) is 6.74. The van der Waals surface area contributed by atoms with Crippen LogP contribution in [0.25, 0.3) is 0 Å². The highest BCUT2D eigenvalue weighted by molar-refractivity contribution is 7.89. The van der Waals surface area contributed by atoms with E-state index in [0.717, 1.165) is 17.0 Å². The summed E-state index contributed by atoms with van der Waals surface area (Å²) >= 11 is 1.58. The molecule has 2 aromatic rings. The van der Waals surface area contributed by atoms with Crippen LogP contribution >= 0.6 is 11.3 Å². The van der Waals surface area contributed by atoms with Crippen molar-refractivity contribution < 1.29 is 8.42 Å². The van der Waals surface area contributed by atoms with Crippen LogP contribution in [-0.4, -0.2) is 30.5 Å². The maximum atomic E-state index is 12.5. The molecule has 6 heteroatoms. The standard InChI is InChI=1S/C16H22N2O2S2/c1-4-15-10-17-16(21-15)11-18(3)22(19,20)12-13(2)14-8-6-5-7-9-14/h5-10,13H,4,11-12H2,1-3H3/t13-/m0/s1. The van der Waals surface area contributed by atoms with Gasteiger partial charge in [-0.25, -0.2) is 13.4 Å². The predicted octanol–water partition coefficient (Wildman–Crippen LogP) is 3.27. The summed E-state index contributed by atoms with van der Waals surface area (Å²) in [7, 11) is -1.68. The Morgan fingerprint density at radius 1 is 1.27 bits per heavy atom. The molecule has 0 unspecified atom stereocenters. The fourth-order valence-electron chi connectivity index (χ4n) is 2.19. The Morgan fingerprint density at radius 2 is 1.95 bits per heavy atom. The average molecular weight is 338 g/mol. The predicted molar refractivity (Wildman–Crippen MR) is 91.6 cm³/mol. The first-order valence-electron chi connectivity index (χ1n) is 7.35. The van der Waals surface area contributed by atoms with E-state index in [1.807, 2.05) is 43.5 Å². The van der Waals surface area contributed by atoms with Gasteiger partial charge in [-0.3, -0.25) is 0 Å². The third kappa shape index (κ3) is 4.38. The lowest BCUT2D eigenvalue weighted by Crippen LogP contribution is -2.30. The van der Waals surface area contributed by atoms with E-state index in [1.54, 1.807) is 18.4 Å². The SMILES string of the molecule is CCc1cnc(CN(C)S(=O)(=O)C[C@H](C)c2ccccc2)s1. The van der Waals surface area contributed by atoms with Gasteiger partial charge in [0, 0.05) is 18.1 Å². The molecule has 4 nitrogen and oxygen atoms in total. The monoisotopic (exact) mass is 338 g/mol. The molecule has 0 amide bonds. The molecular formula is C16H22N2O2S2. The normalized spacial score (nSPS) is 13.5. The summed E-state index contributed by atoms with van der Waals surface area (Å²) < 4.78 is 26.4. The van der Waals surface area contributed by atoms with Gasteiger partial charge in [0.15, 0.2) is 0 Å². The van der Waals surface area contributed by atoms with Crippen LogP contribution in [-0.2, 0) is 23.0 Å². The van der Waals surface area contributed by atoms with Crippen molar-refractivity contribution in [2.75, 3.05) is 12.8 Å². The topological polar surface area (TPSA) is 50.3 Å². The van der Waals surface area contributed by atoms with Gasteiger partial charge in [0.2, 0.25) is 10.0 Å². The zero-order valence-corrected chi connectivity index (χ0v) is 14.8. The van der Waals surface area contributed by atoms with E-state index in [9.17, 15) is 8.42 Å². The zero-order chi connectivity index (χ0) is 16.2. The number of aryl methyl sites for hydroxylation is 1. The van der Waals surface area contributed by atoms with Crippen molar-refractivity contribution in [1.82, 2.24) is 9.29 Å². The Labute approximate surface area is 136 Å². The lowest BCUT2D eigenvalue weighted by Gasteiger charge is -2.19. The van der Waals surface area contributed by atoms with E-state index in [4.69, 9.17) is 0 Å². The number of rotatable bonds is 7. The Morgan fingerprint density at radius 3 is 2.55 bits per heavy atom. The number of aromatic nitrogens is 1. The lowest BCUT2D eigenvalue weighted by atomic mass is 10.0. The summed E-state index contributed by atoms with van der Waals surface area (Å²) in [6, 6.07) is 9.74. The fourth-order valence-corrected chi connectivity index (χ4v) is 4.59. The molecule has 0 radical (unpaired) electrons. The summed E-state index contributed by atoms with van der Waals surface area (Å²) in [6.45, 7) is 4.35. The van der Waals surface area contributed by atoms with Crippen molar-refractivity contribution in [3.8, 4) is 0 Å². The zero-order valence-electron chi connectivity index (χ0n) is 13.2. The molecule has 1 aromatic heterocycles. The van der Waals surface area contributed by atoms with Crippen molar-refractivity contribution >= 4 is 21.4 Å². The number of hydrogen-bond acceptors (Lipinski definition) is 4. The van der Waals surface area contributed by atoms with Crippen LogP contribution in [0.5, 0.6) is 0 Å². The van der Waals surface area contributed by atoms with Crippen molar-refractivity contribution in [2.45, 2.75) is 32.7 Å². The van der Waals surface area contributed by atoms with E-state index in [2.05, 4.69) is 11.9 Å². The summed E-state index contributed by atoms with van der Waals surface area (Å²) in [5, 5.41) is 0.843. The average Bonchev–Trinajstić information content (AvgIpc) is 2.95. The van der Waals surface area contributed by atoms with E-state index >= 15 is 0 Å². The minimum Gasteiger partial charge on any atom is -0.248 e. The molecular weight excluding hydrogens is 316 g/mol. The van der Waals surface area contributed by atoms with Crippen LogP contribution in [0.3, 0.4) is 0 Å². The van der Waals surface area contributed by atoms with Gasteiger partial charge >= 0.3 is 0 Å². The molecule has 1 aromatic carbocycles. The van der Waals surface area contributed by atoms with Gasteiger partial charge in [0.25, 0.3) is 0 Å². The molecule has 2 rings (SSSR count). The summed E-state index contributed by atoms with van der Waals surface area (Å²) in [5.74, 6) is 0.0793. The van der Waals surface area contributed by atoms with Crippen LogP contribution in [0.2, 0.25) is 0 Å². The van der Waals surface area contributed by atoms with Gasteiger partial charge in [0.1, 0.15) is 5.01 Å². The van der Waals surface area contributed by atoms with Gasteiger partial charge in [-0.15, -0.1) is 11.3 Å². The summed E-state index contributed by atoms with van der Waals surface area (Å²) in [4.78, 5) is 5.47. The largest absolute Gasteiger partial charge is 0.248 e. The van der Waals surface area contributed by atoms with E-state index in [1.165, 1.54) is 9.18 Å². The summed E-state index contributed by atoms with van der Waals surface area (Å²) in [6.07, 6.45) is 2.76. The van der Waals surface area contributed by atoms with Crippen LogP contribution in [0.15, 0.2) is 36.5 Å². The Hall–Kier alpha value is -1.24. The fraction of sp³-hybridized carbons (Fsp3) is 0.438. The highest BCUT2D eigenvalue weighted by Crippen LogP contribution is 2.20. The number of thiazole rings is 1. The van der Waals surface area contributed by atoms with Gasteiger partial charge in [0.05, 0.1) is 12.3 Å². The molecule has 0 saturated heterocycles.